The highest BCUT2D eigenvalue weighted by atomic mass is 32.2. The number of nitrogens with one attached hydrogen (secondary N) is 1. The summed E-state index contributed by atoms with van der Waals surface area (Å²) in [7, 11) is 0. The summed E-state index contributed by atoms with van der Waals surface area (Å²) in [5.41, 5.74) is 0. The average Bonchev–Trinajstić information content (AvgIpc) is 2.30. The zero-order valence-electron chi connectivity index (χ0n) is 10.9. The molecule has 0 saturated heterocycles. The predicted molar refractivity (Wildman–Crippen MR) is 74.1 cm³/mol. The fourth-order valence-corrected chi connectivity index (χ4v) is 4.40. The third-order valence-corrected chi connectivity index (χ3v) is 5.56. The van der Waals surface area contributed by atoms with Gasteiger partial charge in [-0.3, -0.25) is 0 Å². The van der Waals surface area contributed by atoms with E-state index < -0.39 is 0 Å². The van der Waals surface area contributed by atoms with Crippen LogP contribution in [0.4, 0.5) is 0 Å². The lowest BCUT2D eigenvalue weighted by molar-refractivity contribution is 0.258. The maximum absolute atomic E-state index is 3.97. The topological polar surface area (TPSA) is 12.0 Å². The van der Waals surface area contributed by atoms with E-state index in [1.54, 1.807) is 0 Å². The molecule has 0 aromatic carbocycles. The fourth-order valence-electron chi connectivity index (χ4n) is 3.46. The van der Waals surface area contributed by atoms with Crippen LogP contribution >= 0.6 is 11.8 Å². The van der Waals surface area contributed by atoms with Crippen LogP contribution in [-0.4, -0.2) is 23.6 Å². The third kappa shape index (κ3) is 3.40. The van der Waals surface area contributed by atoms with Crippen molar-refractivity contribution in [2.75, 3.05) is 6.26 Å². The summed E-state index contributed by atoms with van der Waals surface area (Å²) in [5.74, 6) is 0.947. The summed E-state index contributed by atoms with van der Waals surface area (Å²) < 4.78 is 0. The Hall–Kier alpha value is 0.310. The second-order valence-corrected chi connectivity index (χ2v) is 6.88. The first-order valence-corrected chi connectivity index (χ1v) is 8.37. The van der Waals surface area contributed by atoms with Gasteiger partial charge in [0, 0.05) is 17.3 Å². The van der Waals surface area contributed by atoms with E-state index in [9.17, 15) is 0 Å². The number of hydrogen-bond acceptors (Lipinski definition) is 2. The van der Waals surface area contributed by atoms with Crippen LogP contribution in [0.1, 0.15) is 58.3 Å². The molecule has 0 radical (unpaired) electrons. The van der Waals surface area contributed by atoms with Gasteiger partial charge in [-0.25, -0.2) is 0 Å². The van der Waals surface area contributed by atoms with E-state index in [-0.39, 0.29) is 0 Å². The van der Waals surface area contributed by atoms with E-state index >= 15 is 0 Å². The molecule has 4 unspecified atom stereocenters. The molecule has 2 rings (SSSR count). The molecule has 94 valence electrons. The largest absolute Gasteiger partial charge is 0.310 e. The molecule has 2 fully saturated rings. The Morgan fingerprint density at radius 2 is 1.81 bits per heavy atom. The van der Waals surface area contributed by atoms with Gasteiger partial charge in [-0.05, 0) is 37.9 Å². The van der Waals surface area contributed by atoms with Gasteiger partial charge in [-0.1, -0.05) is 32.6 Å². The van der Waals surface area contributed by atoms with E-state index in [1.165, 1.54) is 51.4 Å². The van der Waals surface area contributed by atoms with Gasteiger partial charge in [0.2, 0.25) is 0 Å². The lowest BCUT2D eigenvalue weighted by atomic mass is 9.85. The van der Waals surface area contributed by atoms with Crippen molar-refractivity contribution < 1.29 is 0 Å². The Labute approximate surface area is 105 Å². The lowest BCUT2D eigenvalue weighted by Crippen LogP contribution is -2.47. The smallest absolute Gasteiger partial charge is 0.0198 e. The van der Waals surface area contributed by atoms with E-state index in [0.29, 0.717) is 0 Å². The van der Waals surface area contributed by atoms with E-state index in [0.717, 1.165) is 23.3 Å². The van der Waals surface area contributed by atoms with Crippen molar-refractivity contribution in [1.29, 1.82) is 0 Å². The van der Waals surface area contributed by atoms with Gasteiger partial charge in [-0.2, -0.15) is 11.8 Å². The predicted octanol–water partition coefficient (Wildman–Crippen LogP) is 3.83. The molecule has 0 bridgehead atoms. The molecule has 2 aliphatic rings. The van der Waals surface area contributed by atoms with Crippen molar-refractivity contribution in [2.45, 2.75) is 75.6 Å². The van der Waals surface area contributed by atoms with Gasteiger partial charge in [0.15, 0.2) is 0 Å². The van der Waals surface area contributed by atoms with Gasteiger partial charge in [0.25, 0.3) is 0 Å². The monoisotopic (exact) mass is 241 g/mol. The highest BCUT2D eigenvalue weighted by Gasteiger charge is 2.28. The van der Waals surface area contributed by atoms with E-state index in [4.69, 9.17) is 0 Å². The lowest BCUT2D eigenvalue weighted by Gasteiger charge is -2.37. The molecule has 0 amide bonds. The molecule has 2 aliphatic carbocycles. The fraction of sp³-hybridized carbons (Fsp3) is 1.00. The van der Waals surface area contributed by atoms with Crippen LogP contribution in [0.25, 0.3) is 0 Å². The van der Waals surface area contributed by atoms with Gasteiger partial charge >= 0.3 is 0 Å². The first kappa shape index (κ1) is 12.8. The molecular weight excluding hydrogens is 214 g/mol. The SMILES string of the molecule is CSC1CCCCC1NC1CCCC(C)C1. The standard InChI is InChI=1S/C14H27NS/c1-11-6-5-7-12(10-11)15-13-8-3-4-9-14(13)16-2/h11-15H,3-10H2,1-2H3. The summed E-state index contributed by atoms with van der Waals surface area (Å²) in [6.45, 7) is 2.42. The van der Waals surface area contributed by atoms with Crippen molar-refractivity contribution in [2.24, 2.45) is 5.92 Å². The molecular formula is C14H27NS. The van der Waals surface area contributed by atoms with Crippen molar-refractivity contribution in [3.63, 3.8) is 0 Å². The van der Waals surface area contributed by atoms with Crippen LogP contribution in [0.5, 0.6) is 0 Å². The maximum atomic E-state index is 3.97. The number of hydrogen-bond donors (Lipinski definition) is 1. The summed E-state index contributed by atoms with van der Waals surface area (Å²) in [6.07, 6.45) is 13.7. The maximum Gasteiger partial charge on any atom is 0.0198 e. The Morgan fingerprint density at radius 1 is 1.00 bits per heavy atom. The quantitative estimate of drug-likeness (QED) is 0.806. The second kappa shape index (κ2) is 6.30. The van der Waals surface area contributed by atoms with Crippen LogP contribution in [0.3, 0.4) is 0 Å². The van der Waals surface area contributed by atoms with Crippen LogP contribution in [-0.2, 0) is 0 Å². The molecule has 0 aromatic heterocycles. The van der Waals surface area contributed by atoms with Crippen molar-refractivity contribution in [3.05, 3.63) is 0 Å². The first-order valence-electron chi connectivity index (χ1n) is 7.08. The molecule has 2 heteroatoms. The minimum Gasteiger partial charge on any atom is -0.310 e. The number of rotatable bonds is 3. The van der Waals surface area contributed by atoms with Crippen LogP contribution in [0.15, 0.2) is 0 Å². The second-order valence-electron chi connectivity index (χ2n) is 5.80. The molecule has 0 heterocycles. The summed E-state index contributed by atoms with van der Waals surface area (Å²) in [6, 6.07) is 1.63. The van der Waals surface area contributed by atoms with E-state index in [1.807, 2.05) is 0 Å². The zero-order valence-corrected chi connectivity index (χ0v) is 11.7. The molecule has 0 aromatic rings. The molecule has 16 heavy (non-hydrogen) atoms. The van der Waals surface area contributed by atoms with E-state index in [2.05, 4.69) is 30.3 Å². The van der Waals surface area contributed by atoms with Crippen LogP contribution < -0.4 is 5.32 Å². The normalized spacial score (nSPS) is 40.9. The Morgan fingerprint density at radius 3 is 2.56 bits per heavy atom. The van der Waals surface area contributed by atoms with Crippen molar-refractivity contribution in [1.82, 2.24) is 5.32 Å². The highest BCUT2D eigenvalue weighted by Crippen LogP contribution is 2.30. The number of thioether (sulfide) groups is 1. The van der Waals surface area contributed by atoms with Gasteiger partial charge in [0.1, 0.15) is 0 Å². The highest BCUT2D eigenvalue weighted by molar-refractivity contribution is 7.99. The van der Waals surface area contributed by atoms with Gasteiger partial charge in [-0.15, -0.1) is 0 Å². The van der Waals surface area contributed by atoms with Crippen LogP contribution in [0.2, 0.25) is 0 Å². The minimum atomic E-state index is 0.805. The molecule has 4 atom stereocenters. The molecule has 2 saturated carbocycles. The Kier molecular flexibility index (Phi) is 5.02. The van der Waals surface area contributed by atoms with Crippen molar-refractivity contribution >= 4 is 11.8 Å². The Bertz CT molecular complexity index is 207. The third-order valence-electron chi connectivity index (χ3n) is 4.39. The molecule has 0 aliphatic heterocycles. The zero-order chi connectivity index (χ0) is 11.4. The molecule has 1 N–H and O–H groups in total. The Balaban J connectivity index is 1.82. The first-order chi connectivity index (χ1) is 7.79. The summed E-state index contributed by atoms with van der Waals surface area (Å²) in [5, 5.41) is 4.85. The van der Waals surface area contributed by atoms with Crippen molar-refractivity contribution in [3.8, 4) is 0 Å². The molecule has 1 nitrogen and oxygen atoms in total. The van der Waals surface area contributed by atoms with Gasteiger partial charge < -0.3 is 5.32 Å². The van der Waals surface area contributed by atoms with Gasteiger partial charge in [0.05, 0.1) is 0 Å². The van der Waals surface area contributed by atoms with Crippen LogP contribution in [0, 0.1) is 5.92 Å². The minimum absolute atomic E-state index is 0.805. The summed E-state index contributed by atoms with van der Waals surface area (Å²) >= 11 is 2.08. The summed E-state index contributed by atoms with van der Waals surface area (Å²) in [4.78, 5) is 0. The molecule has 0 spiro atoms. The average molecular weight is 241 g/mol.